The number of amides is 1. The van der Waals surface area contributed by atoms with Crippen LogP contribution < -0.4 is 10.2 Å². The average molecular weight is 369 g/mol. The van der Waals surface area contributed by atoms with Gasteiger partial charge in [-0.1, -0.05) is 32.0 Å². The molecule has 0 atom stereocenters. The number of anilines is 2. The van der Waals surface area contributed by atoms with E-state index in [4.69, 9.17) is 0 Å². The Morgan fingerprint density at radius 1 is 1.04 bits per heavy atom. The van der Waals surface area contributed by atoms with Crippen LogP contribution in [0.2, 0.25) is 0 Å². The smallest absolute Gasteiger partial charge is 0.225 e. The van der Waals surface area contributed by atoms with E-state index in [9.17, 15) is 9.18 Å². The molecule has 2 aromatic carbocycles. The summed E-state index contributed by atoms with van der Waals surface area (Å²) in [5.74, 6) is 0.229. The van der Waals surface area contributed by atoms with Gasteiger partial charge in [0.1, 0.15) is 5.82 Å². The summed E-state index contributed by atoms with van der Waals surface area (Å²) >= 11 is 0. The van der Waals surface area contributed by atoms with Gasteiger partial charge in [-0.05, 0) is 41.8 Å². The van der Waals surface area contributed by atoms with E-state index in [0.717, 1.165) is 44.1 Å². The van der Waals surface area contributed by atoms with Crippen molar-refractivity contribution < 1.29 is 9.18 Å². The molecule has 27 heavy (non-hydrogen) atoms. The maximum Gasteiger partial charge on any atom is 0.225 e. The number of carbonyl (C=O) groups excluding carboxylic acids is 1. The maximum absolute atomic E-state index is 13.1. The lowest BCUT2D eigenvalue weighted by molar-refractivity contribution is -0.116. The Hall–Kier alpha value is -2.40. The predicted molar refractivity (Wildman–Crippen MR) is 109 cm³/mol. The molecule has 0 saturated carbocycles. The van der Waals surface area contributed by atoms with Gasteiger partial charge in [-0.25, -0.2) is 4.39 Å². The van der Waals surface area contributed by atoms with E-state index >= 15 is 0 Å². The SMILES string of the molecule is CC(C)c1ccccc1NC(=O)CCN1CCN(c2ccc(F)cc2)CC1. The highest BCUT2D eigenvalue weighted by atomic mass is 19.1. The summed E-state index contributed by atoms with van der Waals surface area (Å²) in [5, 5.41) is 3.06. The third-order valence-corrected chi connectivity index (χ3v) is 5.08. The molecule has 0 unspecified atom stereocenters. The minimum atomic E-state index is -0.206. The Bertz CT molecular complexity index is 752. The second-order valence-corrected chi connectivity index (χ2v) is 7.35. The van der Waals surface area contributed by atoms with Gasteiger partial charge in [-0.15, -0.1) is 0 Å². The van der Waals surface area contributed by atoms with Gasteiger partial charge in [-0.2, -0.15) is 0 Å². The van der Waals surface area contributed by atoms with E-state index in [1.807, 2.05) is 30.3 Å². The average Bonchev–Trinajstić information content (AvgIpc) is 2.68. The number of piperazine rings is 1. The zero-order valence-electron chi connectivity index (χ0n) is 16.1. The molecule has 0 spiro atoms. The monoisotopic (exact) mass is 369 g/mol. The fourth-order valence-electron chi connectivity index (χ4n) is 3.47. The number of hydrogen-bond donors (Lipinski definition) is 1. The van der Waals surface area contributed by atoms with Crippen LogP contribution in [0.4, 0.5) is 15.8 Å². The first-order chi connectivity index (χ1) is 13.0. The first-order valence-electron chi connectivity index (χ1n) is 9.64. The van der Waals surface area contributed by atoms with Crippen molar-refractivity contribution in [2.75, 3.05) is 42.9 Å². The van der Waals surface area contributed by atoms with Crippen LogP contribution in [0, 0.1) is 5.82 Å². The predicted octanol–water partition coefficient (Wildman–Crippen LogP) is 4.10. The lowest BCUT2D eigenvalue weighted by Crippen LogP contribution is -2.47. The quantitative estimate of drug-likeness (QED) is 0.833. The summed E-state index contributed by atoms with van der Waals surface area (Å²) < 4.78 is 13.1. The van der Waals surface area contributed by atoms with Gasteiger partial charge in [0.2, 0.25) is 5.91 Å². The molecule has 1 N–H and O–H groups in total. The van der Waals surface area contributed by atoms with Crippen LogP contribution in [0.1, 0.15) is 31.7 Å². The summed E-state index contributed by atoms with van der Waals surface area (Å²) in [4.78, 5) is 16.9. The normalized spacial score (nSPS) is 15.2. The van der Waals surface area contributed by atoms with Gasteiger partial charge in [0.25, 0.3) is 0 Å². The maximum atomic E-state index is 13.1. The Kier molecular flexibility index (Phi) is 6.45. The minimum Gasteiger partial charge on any atom is -0.369 e. The van der Waals surface area contributed by atoms with E-state index < -0.39 is 0 Å². The minimum absolute atomic E-state index is 0.0593. The Morgan fingerprint density at radius 2 is 1.70 bits per heavy atom. The van der Waals surface area contributed by atoms with Gasteiger partial charge in [0.05, 0.1) is 0 Å². The number of para-hydroxylation sites is 1. The van der Waals surface area contributed by atoms with E-state index in [-0.39, 0.29) is 11.7 Å². The molecule has 1 aliphatic heterocycles. The van der Waals surface area contributed by atoms with E-state index in [1.165, 1.54) is 17.7 Å². The molecule has 1 aliphatic rings. The van der Waals surface area contributed by atoms with Gasteiger partial charge in [-0.3, -0.25) is 9.69 Å². The van der Waals surface area contributed by atoms with Crippen molar-refractivity contribution in [2.24, 2.45) is 0 Å². The Morgan fingerprint density at radius 3 is 2.37 bits per heavy atom. The molecule has 1 amide bonds. The number of halogens is 1. The fourth-order valence-corrected chi connectivity index (χ4v) is 3.47. The van der Waals surface area contributed by atoms with Crippen molar-refractivity contribution in [3.8, 4) is 0 Å². The van der Waals surface area contributed by atoms with Crippen LogP contribution in [0.15, 0.2) is 48.5 Å². The highest BCUT2D eigenvalue weighted by Crippen LogP contribution is 2.23. The van der Waals surface area contributed by atoms with Crippen LogP contribution in [0.25, 0.3) is 0 Å². The number of benzene rings is 2. The standard InChI is InChI=1S/C22H28FN3O/c1-17(2)20-5-3-4-6-21(20)24-22(27)11-12-25-13-15-26(16-14-25)19-9-7-18(23)8-10-19/h3-10,17H,11-16H2,1-2H3,(H,24,27). The van der Waals surface area contributed by atoms with Crippen LogP contribution in [-0.4, -0.2) is 43.5 Å². The lowest BCUT2D eigenvalue weighted by atomic mass is 10.0. The van der Waals surface area contributed by atoms with E-state index in [1.54, 1.807) is 0 Å². The van der Waals surface area contributed by atoms with Crippen LogP contribution in [0.5, 0.6) is 0 Å². The van der Waals surface area contributed by atoms with Crippen molar-refractivity contribution >= 4 is 17.3 Å². The molecule has 0 radical (unpaired) electrons. The van der Waals surface area contributed by atoms with E-state index in [2.05, 4.69) is 35.0 Å². The largest absolute Gasteiger partial charge is 0.369 e. The molecule has 1 heterocycles. The molecule has 4 nitrogen and oxygen atoms in total. The molecule has 3 rings (SSSR count). The van der Waals surface area contributed by atoms with Crippen LogP contribution in [-0.2, 0) is 4.79 Å². The Balaban J connectivity index is 1.45. The number of rotatable bonds is 6. The van der Waals surface area contributed by atoms with Crippen molar-refractivity contribution in [2.45, 2.75) is 26.2 Å². The highest BCUT2D eigenvalue weighted by molar-refractivity contribution is 5.91. The van der Waals surface area contributed by atoms with Gasteiger partial charge in [0.15, 0.2) is 0 Å². The van der Waals surface area contributed by atoms with Gasteiger partial charge >= 0.3 is 0 Å². The third-order valence-electron chi connectivity index (χ3n) is 5.08. The van der Waals surface area contributed by atoms with Crippen molar-refractivity contribution in [3.05, 3.63) is 59.9 Å². The first kappa shape index (κ1) is 19.4. The first-order valence-corrected chi connectivity index (χ1v) is 9.64. The number of hydrogen-bond acceptors (Lipinski definition) is 3. The van der Waals surface area contributed by atoms with Gasteiger partial charge in [0, 0.05) is 50.5 Å². The summed E-state index contributed by atoms with van der Waals surface area (Å²) in [6.45, 7) is 8.62. The molecule has 0 bridgehead atoms. The lowest BCUT2D eigenvalue weighted by Gasteiger charge is -2.36. The molecule has 5 heteroatoms. The van der Waals surface area contributed by atoms with Gasteiger partial charge < -0.3 is 10.2 Å². The zero-order chi connectivity index (χ0) is 19.2. The molecule has 1 fully saturated rings. The topological polar surface area (TPSA) is 35.6 Å². The second kappa shape index (κ2) is 9.00. The number of nitrogens with one attached hydrogen (secondary N) is 1. The summed E-state index contributed by atoms with van der Waals surface area (Å²) in [7, 11) is 0. The second-order valence-electron chi connectivity index (χ2n) is 7.35. The van der Waals surface area contributed by atoms with Crippen LogP contribution >= 0.6 is 0 Å². The van der Waals surface area contributed by atoms with Crippen molar-refractivity contribution in [1.29, 1.82) is 0 Å². The zero-order valence-corrected chi connectivity index (χ0v) is 16.1. The molecular weight excluding hydrogens is 341 g/mol. The molecule has 144 valence electrons. The molecule has 2 aromatic rings. The molecular formula is C22H28FN3O. The Labute approximate surface area is 161 Å². The van der Waals surface area contributed by atoms with Crippen molar-refractivity contribution in [1.82, 2.24) is 4.90 Å². The molecule has 1 saturated heterocycles. The highest BCUT2D eigenvalue weighted by Gasteiger charge is 2.18. The van der Waals surface area contributed by atoms with Crippen LogP contribution in [0.3, 0.4) is 0 Å². The van der Waals surface area contributed by atoms with Crippen molar-refractivity contribution in [3.63, 3.8) is 0 Å². The fraction of sp³-hybridized carbons (Fsp3) is 0.409. The third kappa shape index (κ3) is 5.30. The molecule has 0 aliphatic carbocycles. The number of carbonyl (C=O) groups is 1. The summed E-state index contributed by atoms with van der Waals surface area (Å²) in [6.07, 6.45) is 0.489. The summed E-state index contributed by atoms with van der Waals surface area (Å²) in [6, 6.07) is 14.6. The number of nitrogens with zero attached hydrogens (tertiary/aromatic N) is 2. The van der Waals surface area contributed by atoms with E-state index in [0.29, 0.717) is 12.3 Å². The summed E-state index contributed by atoms with van der Waals surface area (Å²) in [5.41, 5.74) is 3.14. The molecule has 0 aromatic heterocycles.